The van der Waals surface area contributed by atoms with Crippen LogP contribution in [0.25, 0.3) is 10.2 Å². The summed E-state index contributed by atoms with van der Waals surface area (Å²) in [6, 6.07) is 19.2. The van der Waals surface area contributed by atoms with Crippen molar-refractivity contribution >= 4 is 32.6 Å². The lowest BCUT2D eigenvalue weighted by Crippen LogP contribution is -2.30. The van der Waals surface area contributed by atoms with Gasteiger partial charge in [0.2, 0.25) is 0 Å². The highest BCUT2D eigenvalue weighted by atomic mass is 32.1. The van der Waals surface area contributed by atoms with Crippen molar-refractivity contribution in [2.24, 2.45) is 0 Å². The number of hydrogen-bond acceptors (Lipinski definition) is 4. The van der Waals surface area contributed by atoms with Crippen LogP contribution in [-0.4, -0.2) is 17.5 Å². The standard InChI is InChI=1S/C24H19F3N2O2S/c1-2-31-19-12-7-13-20-21(19)28-23(32-20)29(15-16-8-4-3-5-9-16)22(30)17-10-6-11-18(14-17)24(25,26)27/h3-14H,2,15H2,1H3. The molecule has 3 aromatic carbocycles. The number of rotatable bonds is 6. The lowest BCUT2D eigenvalue weighted by atomic mass is 10.1. The van der Waals surface area contributed by atoms with Crippen LogP contribution in [0.15, 0.2) is 72.8 Å². The number of aromatic nitrogens is 1. The van der Waals surface area contributed by atoms with Crippen molar-refractivity contribution in [3.8, 4) is 5.75 Å². The molecular formula is C24H19F3N2O2S. The molecule has 0 atom stereocenters. The van der Waals surface area contributed by atoms with E-state index in [4.69, 9.17) is 4.74 Å². The Labute approximate surface area is 186 Å². The summed E-state index contributed by atoms with van der Waals surface area (Å²) in [6.07, 6.45) is -4.54. The van der Waals surface area contributed by atoms with Gasteiger partial charge in [0.05, 0.1) is 23.4 Å². The summed E-state index contributed by atoms with van der Waals surface area (Å²) >= 11 is 1.29. The maximum Gasteiger partial charge on any atom is 0.416 e. The summed E-state index contributed by atoms with van der Waals surface area (Å²) in [5.41, 5.74) is 0.521. The topological polar surface area (TPSA) is 42.4 Å². The van der Waals surface area contributed by atoms with Gasteiger partial charge in [-0.15, -0.1) is 0 Å². The molecule has 4 aromatic rings. The van der Waals surface area contributed by atoms with Gasteiger partial charge in [0.15, 0.2) is 5.13 Å². The number of benzene rings is 3. The molecule has 0 bridgehead atoms. The van der Waals surface area contributed by atoms with Gasteiger partial charge in [-0.1, -0.05) is 53.8 Å². The maximum atomic E-state index is 13.4. The van der Waals surface area contributed by atoms with E-state index in [9.17, 15) is 18.0 Å². The average molecular weight is 456 g/mol. The Hall–Kier alpha value is -3.39. The van der Waals surface area contributed by atoms with Gasteiger partial charge in [0, 0.05) is 5.56 Å². The van der Waals surface area contributed by atoms with E-state index in [2.05, 4.69) is 4.98 Å². The number of ether oxygens (including phenoxy) is 1. The molecule has 0 fully saturated rings. The van der Waals surface area contributed by atoms with E-state index in [1.165, 1.54) is 28.4 Å². The number of anilines is 1. The fourth-order valence-corrected chi connectivity index (χ4v) is 4.26. The maximum absolute atomic E-state index is 13.4. The van der Waals surface area contributed by atoms with Crippen LogP contribution in [0, 0.1) is 0 Å². The van der Waals surface area contributed by atoms with Crippen molar-refractivity contribution in [1.82, 2.24) is 4.98 Å². The fraction of sp³-hybridized carbons (Fsp3) is 0.167. The van der Waals surface area contributed by atoms with Crippen molar-refractivity contribution < 1.29 is 22.7 Å². The first-order valence-corrected chi connectivity index (χ1v) is 10.7. The molecule has 0 unspecified atom stereocenters. The van der Waals surface area contributed by atoms with E-state index < -0.39 is 17.6 Å². The normalized spacial score (nSPS) is 11.5. The number of halogens is 3. The second kappa shape index (κ2) is 9.00. The molecule has 1 amide bonds. The first kappa shape index (κ1) is 21.8. The minimum atomic E-state index is -4.54. The molecular weight excluding hydrogens is 437 g/mol. The van der Waals surface area contributed by atoms with Crippen LogP contribution >= 0.6 is 11.3 Å². The molecule has 1 heterocycles. The van der Waals surface area contributed by atoms with Gasteiger partial charge in [-0.2, -0.15) is 13.2 Å². The van der Waals surface area contributed by atoms with Crippen LogP contribution < -0.4 is 9.64 Å². The molecule has 1 aromatic heterocycles. The highest BCUT2D eigenvalue weighted by Crippen LogP contribution is 2.36. The lowest BCUT2D eigenvalue weighted by molar-refractivity contribution is -0.137. The largest absolute Gasteiger partial charge is 0.492 e. The number of carbonyl (C=O) groups is 1. The zero-order valence-corrected chi connectivity index (χ0v) is 17.9. The van der Waals surface area contributed by atoms with E-state index in [-0.39, 0.29) is 12.1 Å². The van der Waals surface area contributed by atoms with Gasteiger partial charge in [-0.3, -0.25) is 9.69 Å². The summed E-state index contributed by atoms with van der Waals surface area (Å²) in [7, 11) is 0. The third kappa shape index (κ3) is 4.60. The van der Waals surface area contributed by atoms with Gasteiger partial charge >= 0.3 is 6.18 Å². The van der Waals surface area contributed by atoms with Crippen LogP contribution in [0.2, 0.25) is 0 Å². The predicted octanol–water partition coefficient (Wildman–Crippen LogP) is 6.56. The van der Waals surface area contributed by atoms with Crippen LogP contribution in [0.1, 0.15) is 28.4 Å². The first-order valence-electron chi connectivity index (χ1n) is 9.92. The van der Waals surface area contributed by atoms with Crippen LogP contribution in [0.3, 0.4) is 0 Å². The van der Waals surface area contributed by atoms with Crippen LogP contribution in [-0.2, 0) is 12.7 Å². The molecule has 0 radical (unpaired) electrons. The third-order valence-corrected chi connectivity index (χ3v) is 5.81. The molecule has 164 valence electrons. The molecule has 4 rings (SSSR count). The smallest absolute Gasteiger partial charge is 0.416 e. The van der Waals surface area contributed by atoms with Crippen molar-refractivity contribution in [2.45, 2.75) is 19.6 Å². The number of fused-ring (bicyclic) bond motifs is 1. The second-order valence-corrected chi connectivity index (χ2v) is 8.00. The van der Waals surface area contributed by atoms with E-state index in [0.717, 1.165) is 22.4 Å². The monoisotopic (exact) mass is 456 g/mol. The number of carbonyl (C=O) groups excluding carboxylic acids is 1. The third-order valence-electron chi connectivity index (χ3n) is 4.77. The van der Waals surface area contributed by atoms with Crippen LogP contribution in [0.5, 0.6) is 5.75 Å². The van der Waals surface area contributed by atoms with Gasteiger partial charge in [0.25, 0.3) is 5.91 Å². The van der Waals surface area contributed by atoms with Crippen molar-refractivity contribution in [2.75, 3.05) is 11.5 Å². The Balaban J connectivity index is 1.78. The van der Waals surface area contributed by atoms with Gasteiger partial charge in [-0.25, -0.2) is 4.98 Å². The summed E-state index contributed by atoms with van der Waals surface area (Å²) < 4.78 is 46.1. The molecule has 8 heteroatoms. The fourth-order valence-electron chi connectivity index (χ4n) is 3.28. The Morgan fingerprint density at radius 2 is 1.78 bits per heavy atom. The number of nitrogens with zero attached hydrogens (tertiary/aromatic N) is 2. The number of alkyl halides is 3. The first-order chi connectivity index (χ1) is 15.4. The molecule has 0 aliphatic heterocycles. The van der Waals surface area contributed by atoms with E-state index in [1.54, 1.807) is 6.07 Å². The molecule has 32 heavy (non-hydrogen) atoms. The molecule has 0 saturated heterocycles. The van der Waals surface area contributed by atoms with Crippen molar-refractivity contribution in [3.63, 3.8) is 0 Å². The lowest BCUT2D eigenvalue weighted by Gasteiger charge is -2.20. The Morgan fingerprint density at radius 1 is 1.03 bits per heavy atom. The SMILES string of the molecule is CCOc1cccc2sc(N(Cc3ccccc3)C(=O)c3cccc(C(F)(F)F)c3)nc12. The Morgan fingerprint density at radius 3 is 2.50 bits per heavy atom. The summed E-state index contributed by atoms with van der Waals surface area (Å²) in [5.74, 6) is 0.0376. The molecule has 0 N–H and O–H groups in total. The van der Waals surface area contributed by atoms with Crippen molar-refractivity contribution in [3.05, 3.63) is 89.5 Å². The summed E-state index contributed by atoms with van der Waals surface area (Å²) in [4.78, 5) is 19.4. The van der Waals surface area contributed by atoms with E-state index >= 15 is 0 Å². The molecule has 0 aliphatic carbocycles. The minimum Gasteiger partial charge on any atom is -0.492 e. The number of hydrogen-bond donors (Lipinski definition) is 0. The van der Waals surface area contributed by atoms with Gasteiger partial charge in [0.1, 0.15) is 11.3 Å². The highest BCUT2D eigenvalue weighted by molar-refractivity contribution is 7.22. The molecule has 4 nitrogen and oxygen atoms in total. The zero-order valence-electron chi connectivity index (χ0n) is 17.1. The number of para-hydroxylation sites is 1. The number of amides is 1. The highest BCUT2D eigenvalue weighted by Gasteiger charge is 2.32. The summed E-state index contributed by atoms with van der Waals surface area (Å²) in [5, 5.41) is 0.387. The van der Waals surface area contributed by atoms with Crippen molar-refractivity contribution in [1.29, 1.82) is 0 Å². The average Bonchev–Trinajstić information content (AvgIpc) is 3.22. The van der Waals surface area contributed by atoms with Gasteiger partial charge < -0.3 is 4.74 Å². The second-order valence-electron chi connectivity index (χ2n) is 6.99. The molecule has 0 saturated carbocycles. The quantitative estimate of drug-likeness (QED) is 0.330. The number of thiazole rings is 1. The predicted molar refractivity (Wildman–Crippen MR) is 119 cm³/mol. The zero-order chi connectivity index (χ0) is 22.7. The Bertz CT molecular complexity index is 1240. The molecule has 0 spiro atoms. The Kier molecular flexibility index (Phi) is 6.14. The van der Waals surface area contributed by atoms with E-state index in [1.807, 2.05) is 49.4 Å². The summed E-state index contributed by atoms with van der Waals surface area (Å²) in [6.45, 7) is 2.49. The van der Waals surface area contributed by atoms with E-state index in [0.29, 0.717) is 23.0 Å². The molecule has 0 aliphatic rings. The van der Waals surface area contributed by atoms with Gasteiger partial charge in [-0.05, 0) is 42.8 Å². The minimum absolute atomic E-state index is 0.0555. The van der Waals surface area contributed by atoms with Crippen LogP contribution in [0.4, 0.5) is 18.3 Å².